The number of hydrogen-bond acceptors (Lipinski definition) is 6. The van der Waals surface area contributed by atoms with Crippen molar-refractivity contribution >= 4 is 5.91 Å². The van der Waals surface area contributed by atoms with Crippen molar-refractivity contribution in [3.63, 3.8) is 0 Å². The molecule has 2 aliphatic heterocycles. The predicted octanol–water partition coefficient (Wildman–Crippen LogP) is 6.43. The number of aliphatic hydroxyl groups excluding tert-OH is 1. The van der Waals surface area contributed by atoms with Gasteiger partial charge in [-0.05, 0) is 59.3 Å². The fourth-order valence-corrected chi connectivity index (χ4v) is 6.45. The standard InChI is InChI=1S/C38H42N2O5/c1-43-26-33-11-7-21-40(33)24-34-22-36(29-15-13-27(25-41)14-16-29)45-38(44-34)31-19-17-28(18-20-31)35-12-6-5-10-32(35)23-39-37(42)30-8-3-2-4-9-30/h2-6,8-10,12-20,33-34,36,38,41H,7,11,21-26H2,1H3,(H,39,42). The molecule has 4 atom stereocenters. The van der Waals surface area contributed by atoms with Crippen LogP contribution in [0.25, 0.3) is 11.1 Å². The number of carbonyl (C=O) groups excluding carboxylic acids is 1. The first-order valence-corrected chi connectivity index (χ1v) is 15.9. The first-order chi connectivity index (χ1) is 22.1. The van der Waals surface area contributed by atoms with Crippen molar-refractivity contribution < 1.29 is 24.1 Å². The number of hydrogen-bond donors (Lipinski definition) is 2. The van der Waals surface area contributed by atoms with Crippen molar-refractivity contribution in [1.29, 1.82) is 0 Å². The van der Waals surface area contributed by atoms with E-state index in [1.807, 2.05) is 60.7 Å². The van der Waals surface area contributed by atoms with Gasteiger partial charge in [-0.1, -0.05) is 91.0 Å². The van der Waals surface area contributed by atoms with Gasteiger partial charge in [-0.15, -0.1) is 0 Å². The molecule has 2 N–H and O–H groups in total. The molecule has 1 amide bonds. The van der Waals surface area contributed by atoms with Crippen LogP contribution in [0.15, 0.2) is 103 Å². The zero-order valence-electron chi connectivity index (χ0n) is 25.8. The second-order valence-corrected chi connectivity index (χ2v) is 11.9. The first-order valence-electron chi connectivity index (χ1n) is 15.9. The average molecular weight is 607 g/mol. The summed E-state index contributed by atoms with van der Waals surface area (Å²) in [6.45, 7) is 3.07. The largest absolute Gasteiger partial charge is 0.392 e. The molecule has 0 aromatic heterocycles. The average Bonchev–Trinajstić information content (AvgIpc) is 3.54. The van der Waals surface area contributed by atoms with Crippen molar-refractivity contribution in [3.05, 3.63) is 131 Å². The van der Waals surface area contributed by atoms with Crippen molar-refractivity contribution in [2.24, 2.45) is 0 Å². The van der Waals surface area contributed by atoms with Gasteiger partial charge in [-0.25, -0.2) is 0 Å². The van der Waals surface area contributed by atoms with E-state index >= 15 is 0 Å². The molecule has 0 aliphatic carbocycles. The number of carbonyl (C=O) groups is 1. The SMILES string of the molecule is COCC1CCCN1CC1CC(c2ccc(CO)cc2)OC(c2ccc(-c3ccccc3CNC(=O)c3ccccc3)cc2)O1. The Bertz CT molecular complexity index is 1530. The molecule has 2 aliphatic rings. The molecule has 45 heavy (non-hydrogen) atoms. The molecule has 4 aromatic carbocycles. The lowest BCUT2D eigenvalue weighted by atomic mass is 9.97. The van der Waals surface area contributed by atoms with Crippen LogP contribution in [-0.4, -0.2) is 54.9 Å². The maximum Gasteiger partial charge on any atom is 0.251 e. The van der Waals surface area contributed by atoms with Crippen molar-refractivity contribution in [1.82, 2.24) is 10.2 Å². The minimum absolute atomic E-state index is 0.00245. The van der Waals surface area contributed by atoms with Crippen LogP contribution in [0.4, 0.5) is 0 Å². The number of nitrogens with one attached hydrogen (secondary N) is 1. The number of aliphatic hydroxyl groups is 1. The Morgan fingerprint density at radius 1 is 0.911 bits per heavy atom. The number of rotatable bonds is 11. The molecule has 0 saturated carbocycles. The Hall–Kier alpha value is -3.85. The smallest absolute Gasteiger partial charge is 0.251 e. The fourth-order valence-electron chi connectivity index (χ4n) is 6.45. The molecule has 234 valence electrons. The van der Waals surface area contributed by atoms with Crippen LogP contribution in [-0.2, 0) is 27.4 Å². The molecule has 7 heteroatoms. The number of nitrogens with zero attached hydrogens (tertiary/aromatic N) is 1. The molecule has 7 nitrogen and oxygen atoms in total. The van der Waals surface area contributed by atoms with Gasteiger partial charge in [0.25, 0.3) is 5.91 Å². The van der Waals surface area contributed by atoms with Crippen molar-refractivity contribution in [2.75, 3.05) is 26.8 Å². The van der Waals surface area contributed by atoms with Crippen LogP contribution in [0.1, 0.15) is 64.3 Å². The van der Waals surface area contributed by atoms with Gasteiger partial charge in [0.15, 0.2) is 6.29 Å². The maximum atomic E-state index is 12.7. The Morgan fingerprint density at radius 2 is 1.64 bits per heavy atom. The van der Waals surface area contributed by atoms with E-state index in [0.29, 0.717) is 18.2 Å². The molecule has 0 bridgehead atoms. The quantitative estimate of drug-likeness (QED) is 0.205. The molecule has 6 rings (SSSR count). The Morgan fingerprint density at radius 3 is 2.40 bits per heavy atom. The normalized spacial score (nSPS) is 21.9. The van der Waals surface area contributed by atoms with E-state index in [1.165, 1.54) is 6.42 Å². The number of benzene rings is 4. The van der Waals surface area contributed by atoms with Gasteiger partial charge in [-0.2, -0.15) is 0 Å². The summed E-state index contributed by atoms with van der Waals surface area (Å²) >= 11 is 0. The first kappa shape index (κ1) is 31.1. The number of amides is 1. The van der Waals surface area contributed by atoms with Crippen LogP contribution in [0.2, 0.25) is 0 Å². The summed E-state index contributed by atoms with van der Waals surface area (Å²) in [6, 6.07) is 34.2. The Labute approximate surface area is 265 Å². The minimum atomic E-state index is -0.510. The highest BCUT2D eigenvalue weighted by Crippen LogP contribution is 2.39. The lowest BCUT2D eigenvalue weighted by molar-refractivity contribution is -0.253. The minimum Gasteiger partial charge on any atom is -0.392 e. The highest BCUT2D eigenvalue weighted by atomic mass is 16.7. The fraction of sp³-hybridized carbons (Fsp3) is 0.342. The van der Waals surface area contributed by atoms with E-state index in [9.17, 15) is 9.90 Å². The second-order valence-electron chi connectivity index (χ2n) is 11.9. The molecule has 4 aromatic rings. The highest BCUT2D eigenvalue weighted by Gasteiger charge is 2.35. The van der Waals surface area contributed by atoms with Crippen molar-refractivity contribution in [3.8, 4) is 11.1 Å². The van der Waals surface area contributed by atoms with Crippen LogP contribution < -0.4 is 5.32 Å². The summed E-state index contributed by atoms with van der Waals surface area (Å²) in [5.74, 6) is -0.0927. The van der Waals surface area contributed by atoms with E-state index in [4.69, 9.17) is 14.2 Å². The zero-order valence-corrected chi connectivity index (χ0v) is 25.8. The van der Waals surface area contributed by atoms with E-state index in [0.717, 1.165) is 65.9 Å². The summed E-state index contributed by atoms with van der Waals surface area (Å²) in [4.78, 5) is 15.2. The summed E-state index contributed by atoms with van der Waals surface area (Å²) in [6.07, 6.45) is 2.43. The molecule has 0 radical (unpaired) electrons. The van der Waals surface area contributed by atoms with Gasteiger partial charge < -0.3 is 24.6 Å². The van der Waals surface area contributed by atoms with E-state index in [-0.39, 0.29) is 24.7 Å². The van der Waals surface area contributed by atoms with Gasteiger partial charge in [0.1, 0.15) is 0 Å². The molecule has 2 saturated heterocycles. The summed E-state index contributed by atoms with van der Waals surface area (Å²) < 4.78 is 18.7. The topological polar surface area (TPSA) is 80.3 Å². The number of likely N-dealkylation sites (tertiary alicyclic amines) is 1. The van der Waals surface area contributed by atoms with Crippen LogP contribution in [0, 0.1) is 0 Å². The van der Waals surface area contributed by atoms with Crippen LogP contribution in [0.5, 0.6) is 0 Å². The third kappa shape index (κ3) is 7.69. The Kier molecular flexibility index (Phi) is 10.4. The Balaban J connectivity index is 1.19. The van der Waals surface area contributed by atoms with E-state index in [2.05, 4.69) is 52.7 Å². The maximum absolute atomic E-state index is 12.7. The third-order valence-electron chi connectivity index (χ3n) is 8.90. The predicted molar refractivity (Wildman–Crippen MR) is 174 cm³/mol. The number of ether oxygens (including phenoxy) is 3. The van der Waals surface area contributed by atoms with Gasteiger partial charge in [0, 0.05) is 43.8 Å². The van der Waals surface area contributed by atoms with Crippen LogP contribution in [0.3, 0.4) is 0 Å². The molecule has 4 unspecified atom stereocenters. The lowest BCUT2D eigenvalue weighted by Gasteiger charge is -2.38. The van der Waals surface area contributed by atoms with Gasteiger partial charge in [-0.3, -0.25) is 9.69 Å². The third-order valence-corrected chi connectivity index (χ3v) is 8.90. The van der Waals surface area contributed by atoms with Gasteiger partial charge >= 0.3 is 0 Å². The molecular formula is C38H42N2O5. The monoisotopic (exact) mass is 606 g/mol. The van der Waals surface area contributed by atoms with Crippen molar-refractivity contribution in [2.45, 2.75) is 57.0 Å². The molecule has 2 heterocycles. The van der Waals surface area contributed by atoms with Gasteiger partial charge in [0.2, 0.25) is 0 Å². The molecule has 0 spiro atoms. The molecular weight excluding hydrogens is 564 g/mol. The summed E-state index contributed by atoms with van der Waals surface area (Å²) in [5.41, 5.74) is 6.75. The van der Waals surface area contributed by atoms with Crippen LogP contribution >= 0.6 is 0 Å². The molecule has 2 fully saturated rings. The van der Waals surface area contributed by atoms with E-state index in [1.54, 1.807) is 7.11 Å². The zero-order chi connectivity index (χ0) is 31.0. The van der Waals surface area contributed by atoms with Gasteiger partial charge in [0.05, 0.1) is 25.4 Å². The highest BCUT2D eigenvalue weighted by molar-refractivity contribution is 5.94. The second kappa shape index (κ2) is 15.0. The number of methoxy groups -OCH3 is 1. The summed E-state index contributed by atoms with van der Waals surface area (Å²) in [5, 5.41) is 12.6. The summed E-state index contributed by atoms with van der Waals surface area (Å²) in [7, 11) is 1.77. The lowest BCUT2D eigenvalue weighted by Crippen LogP contribution is -2.42. The van der Waals surface area contributed by atoms with E-state index < -0.39 is 6.29 Å².